The molecule has 0 fully saturated rings. The van der Waals surface area contributed by atoms with Gasteiger partial charge in [0.1, 0.15) is 0 Å². The summed E-state index contributed by atoms with van der Waals surface area (Å²) in [4.78, 5) is 12.4. The lowest BCUT2D eigenvalue weighted by Gasteiger charge is -2.12. The van der Waals surface area contributed by atoms with Crippen LogP contribution < -0.4 is 5.32 Å². The van der Waals surface area contributed by atoms with E-state index in [1.807, 2.05) is 50.2 Å². The van der Waals surface area contributed by atoms with E-state index in [0.717, 1.165) is 16.9 Å². The number of aromatic nitrogens is 4. The van der Waals surface area contributed by atoms with Gasteiger partial charge in [0.2, 0.25) is 11.1 Å². The molecule has 3 rings (SSSR count). The summed E-state index contributed by atoms with van der Waals surface area (Å²) in [5.41, 5.74) is 2.69. The molecule has 8 heteroatoms. The van der Waals surface area contributed by atoms with Crippen molar-refractivity contribution in [3.63, 3.8) is 0 Å². The topological polar surface area (TPSA) is 72.7 Å². The fourth-order valence-electron chi connectivity index (χ4n) is 2.09. The number of halogens is 1. The third-order valence-electron chi connectivity index (χ3n) is 3.48. The van der Waals surface area contributed by atoms with Crippen molar-refractivity contribution < 1.29 is 4.79 Å². The van der Waals surface area contributed by atoms with E-state index in [2.05, 4.69) is 20.8 Å². The van der Waals surface area contributed by atoms with Crippen LogP contribution in [0.2, 0.25) is 5.02 Å². The zero-order valence-corrected chi connectivity index (χ0v) is 15.3. The van der Waals surface area contributed by atoms with E-state index in [1.54, 1.807) is 16.8 Å². The molecule has 0 saturated carbocycles. The number of carbonyl (C=O) groups is 1. The summed E-state index contributed by atoms with van der Waals surface area (Å²) in [7, 11) is 0. The number of thioether (sulfide) groups is 1. The van der Waals surface area contributed by atoms with E-state index in [-0.39, 0.29) is 11.2 Å². The Morgan fingerprint density at radius 3 is 2.52 bits per heavy atom. The summed E-state index contributed by atoms with van der Waals surface area (Å²) in [5, 5.41) is 15.4. The highest BCUT2D eigenvalue weighted by molar-refractivity contribution is 8.00. The van der Waals surface area contributed by atoms with Crippen molar-refractivity contribution in [2.45, 2.75) is 24.3 Å². The monoisotopic (exact) mass is 373 g/mol. The number of hydrogen-bond acceptors (Lipinski definition) is 5. The smallest absolute Gasteiger partial charge is 0.237 e. The van der Waals surface area contributed by atoms with Crippen LogP contribution in [0.3, 0.4) is 0 Å². The number of benzene rings is 2. The highest BCUT2D eigenvalue weighted by Crippen LogP contribution is 2.24. The average molecular weight is 374 g/mol. The first-order valence-corrected chi connectivity index (χ1v) is 8.87. The van der Waals surface area contributed by atoms with Crippen molar-refractivity contribution in [1.82, 2.24) is 20.2 Å². The average Bonchev–Trinajstić information content (AvgIpc) is 3.05. The molecule has 1 aromatic heterocycles. The molecule has 25 heavy (non-hydrogen) atoms. The largest absolute Gasteiger partial charge is 0.325 e. The van der Waals surface area contributed by atoms with Gasteiger partial charge in [0.25, 0.3) is 0 Å². The summed E-state index contributed by atoms with van der Waals surface area (Å²) in [5.74, 6) is -0.112. The van der Waals surface area contributed by atoms with Crippen LogP contribution >= 0.6 is 23.4 Å². The molecule has 0 aliphatic heterocycles. The van der Waals surface area contributed by atoms with E-state index < -0.39 is 0 Å². The van der Waals surface area contributed by atoms with Gasteiger partial charge in [-0.25, -0.2) is 0 Å². The molecule has 1 N–H and O–H groups in total. The summed E-state index contributed by atoms with van der Waals surface area (Å²) < 4.78 is 1.58. The predicted octanol–water partition coefficient (Wildman–Crippen LogP) is 3.74. The standard InChI is InChI=1S/C17H16ClN5OS/c1-11-3-7-14(8-4-11)19-16(24)12(2)25-17-20-21-22-23(17)15-9-5-13(18)6-10-15/h3-10,12H,1-2H3,(H,19,24). The van der Waals surface area contributed by atoms with Crippen molar-refractivity contribution in [3.05, 3.63) is 59.1 Å². The van der Waals surface area contributed by atoms with E-state index in [1.165, 1.54) is 11.8 Å². The molecule has 1 atom stereocenters. The van der Waals surface area contributed by atoms with Gasteiger partial charge in [-0.15, -0.1) is 5.10 Å². The van der Waals surface area contributed by atoms with Crippen LogP contribution in [0.25, 0.3) is 5.69 Å². The summed E-state index contributed by atoms with van der Waals surface area (Å²) in [6, 6.07) is 14.8. The molecule has 0 radical (unpaired) electrons. The molecule has 3 aromatic rings. The SMILES string of the molecule is Cc1ccc(NC(=O)C(C)Sc2nnnn2-c2ccc(Cl)cc2)cc1. The van der Waals surface area contributed by atoms with Crippen LogP contribution in [0.4, 0.5) is 5.69 Å². The van der Waals surface area contributed by atoms with Gasteiger partial charge < -0.3 is 5.32 Å². The summed E-state index contributed by atoms with van der Waals surface area (Å²) in [6.07, 6.45) is 0. The first-order valence-electron chi connectivity index (χ1n) is 7.61. The fraction of sp³-hybridized carbons (Fsp3) is 0.176. The minimum absolute atomic E-state index is 0.112. The number of tetrazole rings is 1. The zero-order chi connectivity index (χ0) is 17.8. The number of rotatable bonds is 5. The maximum atomic E-state index is 12.4. The highest BCUT2D eigenvalue weighted by atomic mass is 35.5. The molecular weight excluding hydrogens is 358 g/mol. The van der Waals surface area contributed by atoms with Crippen molar-refractivity contribution in [2.75, 3.05) is 5.32 Å². The third kappa shape index (κ3) is 4.37. The second kappa shape index (κ2) is 7.67. The van der Waals surface area contributed by atoms with Gasteiger partial charge in [0, 0.05) is 10.7 Å². The van der Waals surface area contributed by atoms with Crippen LogP contribution in [-0.4, -0.2) is 31.4 Å². The molecule has 1 heterocycles. The van der Waals surface area contributed by atoms with E-state index in [9.17, 15) is 4.79 Å². The van der Waals surface area contributed by atoms with Gasteiger partial charge in [-0.2, -0.15) is 4.68 Å². The Morgan fingerprint density at radius 1 is 1.16 bits per heavy atom. The van der Waals surface area contributed by atoms with Crippen LogP contribution in [0, 0.1) is 6.92 Å². The van der Waals surface area contributed by atoms with Crippen molar-refractivity contribution in [2.24, 2.45) is 0 Å². The quantitative estimate of drug-likeness (QED) is 0.689. The Morgan fingerprint density at radius 2 is 1.84 bits per heavy atom. The van der Waals surface area contributed by atoms with Gasteiger partial charge in [-0.1, -0.05) is 41.1 Å². The molecule has 1 amide bonds. The maximum Gasteiger partial charge on any atom is 0.237 e. The van der Waals surface area contributed by atoms with Crippen molar-refractivity contribution in [3.8, 4) is 5.69 Å². The van der Waals surface area contributed by atoms with Gasteiger partial charge in [0.05, 0.1) is 10.9 Å². The van der Waals surface area contributed by atoms with Crippen LogP contribution in [0.5, 0.6) is 0 Å². The molecule has 6 nitrogen and oxygen atoms in total. The first kappa shape index (κ1) is 17.4. The number of carbonyl (C=O) groups excluding carboxylic acids is 1. The van der Waals surface area contributed by atoms with Crippen molar-refractivity contribution >= 4 is 35.0 Å². The van der Waals surface area contributed by atoms with Gasteiger partial charge in [0.15, 0.2) is 0 Å². The molecule has 0 saturated heterocycles. The number of amides is 1. The second-order valence-corrected chi connectivity index (χ2v) is 7.21. The Balaban J connectivity index is 1.70. The van der Waals surface area contributed by atoms with Gasteiger partial charge in [-0.3, -0.25) is 4.79 Å². The third-order valence-corrected chi connectivity index (χ3v) is 4.77. The number of nitrogens with zero attached hydrogens (tertiary/aromatic N) is 4. The Bertz CT molecular complexity index is 864. The normalized spacial score (nSPS) is 12.0. The molecular formula is C17H16ClN5OS. The van der Waals surface area contributed by atoms with Crippen LogP contribution in [-0.2, 0) is 4.79 Å². The minimum atomic E-state index is -0.363. The highest BCUT2D eigenvalue weighted by Gasteiger charge is 2.19. The van der Waals surface area contributed by atoms with Gasteiger partial charge >= 0.3 is 0 Å². The summed E-state index contributed by atoms with van der Waals surface area (Å²) in [6.45, 7) is 3.82. The fourth-order valence-corrected chi connectivity index (χ4v) is 3.02. The molecule has 2 aromatic carbocycles. The van der Waals surface area contributed by atoms with Crippen molar-refractivity contribution in [1.29, 1.82) is 0 Å². The maximum absolute atomic E-state index is 12.4. The number of nitrogens with one attached hydrogen (secondary N) is 1. The Kier molecular flexibility index (Phi) is 5.35. The molecule has 0 bridgehead atoms. The van der Waals surface area contributed by atoms with Crippen LogP contribution in [0.1, 0.15) is 12.5 Å². The number of aryl methyl sites for hydroxylation is 1. The lowest BCUT2D eigenvalue weighted by atomic mass is 10.2. The number of anilines is 1. The second-order valence-electron chi connectivity index (χ2n) is 5.47. The first-order chi connectivity index (χ1) is 12.0. The van der Waals surface area contributed by atoms with E-state index >= 15 is 0 Å². The van der Waals surface area contributed by atoms with Crippen LogP contribution in [0.15, 0.2) is 53.7 Å². The predicted molar refractivity (Wildman–Crippen MR) is 99.3 cm³/mol. The Labute approximate surface area is 154 Å². The Hall–Kier alpha value is -2.38. The summed E-state index contributed by atoms with van der Waals surface area (Å²) >= 11 is 7.19. The van der Waals surface area contributed by atoms with E-state index in [4.69, 9.17) is 11.6 Å². The minimum Gasteiger partial charge on any atom is -0.325 e. The van der Waals surface area contributed by atoms with E-state index in [0.29, 0.717) is 10.2 Å². The lowest BCUT2D eigenvalue weighted by Crippen LogP contribution is -2.22. The molecule has 1 unspecified atom stereocenters. The lowest BCUT2D eigenvalue weighted by molar-refractivity contribution is -0.115. The molecule has 0 spiro atoms. The number of hydrogen-bond donors (Lipinski definition) is 1. The molecule has 0 aliphatic carbocycles. The molecule has 128 valence electrons. The van der Waals surface area contributed by atoms with Gasteiger partial charge in [-0.05, 0) is 60.7 Å². The zero-order valence-electron chi connectivity index (χ0n) is 13.7. The molecule has 0 aliphatic rings.